The van der Waals surface area contributed by atoms with Crippen molar-refractivity contribution in [1.29, 1.82) is 0 Å². The predicted molar refractivity (Wildman–Crippen MR) is 73.0 cm³/mol. The first-order chi connectivity index (χ1) is 8.47. The Morgan fingerprint density at radius 3 is 2.78 bits per heavy atom. The summed E-state index contributed by atoms with van der Waals surface area (Å²) in [6, 6.07) is 0.562. The van der Waals surface area contributed by atoms with Crippen LogP contribution in [0.15, 0.2) is 0 Å². The third kappa shape index (κ3) is 3.66. The first-order valence-corrected chi connectivity index (χ1v) is 8.71. The van der Waals surface area contributed by atoms with Crippen LogP contribution in [-0.4, -0.2) is 69.2 Å². The van der Waals surface area contributed by atoms with E-state index in [0.29, 0.717) is 25.0 Å². The van der Waals surface area contributed by atoms with Crippen molar-refractivity contribution in [2.24, 2.45) is 5.92 Å². The SMILES string of the molecule is CC1CNCCN1CC1CCCN(S(C)(=O)=O)C1. The Morgan fingerprint density at radius 2 is 2.11 bits per heavy atom. The average Bonchev–Trinajstić information content (AvgIpc) is 2.31. The molecule has 0 aromatic carbocycles. The summed E-state index contributed by atoms with van der Waals surface area (Å²) in [6.45, 7) is 7.85. The van der Waals surface area contributed by atoms with E-state index in [4.69, 9.17) is 0 Å². The second-order valence-corrected chi connectivity index (χ2v) is 7.66. The van der Waals surface area contributed by atoms with E-state index in [0.717, 1.165) is 39.0 Å². The zero-order chi connectivity index (χ0) is 13.2. The van der Waals surface area contributed by atoms with Gasteiger partial charge in [-0.05, 0) is 25.7 Å². The monoisotopic (exact) mass is 275 g/mol. The van der Waals surface area contributed by atoms with Crippen LogP contribution in [0.25, 0.3) is 0 Å². The van der Waals surface area contributed by atoms with Gasteiger partial charge in [-0.1, -0.05) is 0 Å². The van der Waals surface area contributed by atoms with Crippen molar-refractivity contribution in [2.75, 3.05) is 45.5 Å². The lowest BCUT2D eigenvalue weighted by atomic mass is 9.98. The Bertz CT molecular complexity index is 372. The quantitative estimate of drug-likeness (QED) is 0.785. The summed E-state index contributed by atoms with van der Waals surface area (Å²) in [4.78, 5) is 2.49. The molecule has 0 aromatic rings. The molecule has 0 amide bonds. The van der Waals surface area contributed by atoms with Crippen LogP contribution in [-0.2, 0) is 10.0 Å². The topological polar surface area (TPSA) is 52.6 Å². The highest BCUT2D eigenvalue weighted by molar-refractivity contribution is 7.88. The van der Waals surface area contributed by atoms with Gasteiger partial charge >= 0.3 is 0 Å². The van der Waals surface area contributed by atoms with E-state index in [1.54, 1.807) is 4.31 Å². The molecule has 1 N–H and O–H groups in total. The Hall–Kier alpha value is -0.170. The number of hydrogen-bond donors (Lipinski definition) is 1. The van der Waals surface area contributed by atoms with Gasteiger partial charge in [0.15, 0.2) is 0 Å². The highest BCUT2D eigenvalue weighted by Crippen LogP contribution is 2.20. The molecule has 0 aliphatic carbocycles. The van der Waals surface area contributed by atoms with E-state index in [9.17, 15) is 8.42 Å². The minimum Gasteiger partial charge on any atom is -0.314 e. The van der Waals surface area contributed by atoms with E-state index < -0.39 is 10.0 Å². The van der Waals surface area contributed by atoms with Gasteiger partial charge in [-0.25, -0.2) is 12.7 Å². The van der Waals surface area contributed by atoms with E-state index in [2.05, 4.69) is 17.1 Å². The van der Waals surface area contributed by atoms with E-state index in [1.807, 2.05) is 0 Å². The van der Waals surface area contributed by atoms with Crippen molar-refractivity contribution in [2.45, 2.75) is 25.8 Å². The van der Waals surface area contributed by atoms with Crippen molar-refractivity contribution in [3.63, 3.8) is 0 Å². The third-order valence-electron chi connectivity index (χ3n) is 4.08. The summed E-state index contributed by atoms with van der Waals surface area (Å²) in [7, 11) is -3.01. The van der Waals surface area contributed by atoms with Crippen LogP contribution in [0, 0.1) is 5.92 Å². The van der Waals surface area contributed by atoms with Gasteiger partial charge in [-0.3, -0.25) is 4.90 Å². The fraction of sp³-hybridized carbons (Fsp3) is 1.00. The molecule has 2 rings (SSSR count). The molecule has 5 nitrogen and oxygen atoms in total. The lowest BCUT2D eigenvalue weighted by Crippen LogP contribution is -2.52. The second-order valence-electron chi connectivity index (χ2n) is 5.68. The van der Waals surface area contributed by atoms with Gasteiger partial charge in [-0.2, -0.15) is 0 Å². The van der Waals surface area contributed by atoms with Crippen LogP contribution in [0.4, 0.5) is 0 Å². The van der Waals surface area contributed by atoms with Crippen LogP contribution in [0.3, 0.4) is 0 Å². The summed E-state index contributed by atoms with van der Waals surface area (Å²) in [5.41, 5.74) is 0. The smallest absolute Gasteiger partial charge is 0.211 e. The molecular weight excluding hydrogens is 250 g/mol. The number of nitrogens with zero attached hydrogens (tertiary/aromatic N) is 2. The minimum atomic E-state index is -3.01. The first-order valence-electron chi connectivity index (χ1n) is 6.86. The molecule has 2 saturated heterocycles. The molecule has 106 valence electrons. The molecule has 0 saturated carbocycles. The molecule has 18 heavy (non-hydrogen) atoms. The minimum absolute atomic E-state index is 0.494. The zero-order valence-corrected chi connectivity index (χ0v) is 12.2. The van der Waals surface area contributed by atoms with Crippen molar-refractivity contribution in [3.8, 4) is 0 Å². The zero-order valence-electron chi connectivity index (χ0n) is 11.4. The third-order valence-corrected chi connectivity index (χ3v) is 5.35. The molecule has 2 aliphatic heterocycles. The van der Waals surface area contributed by atoms with Crippen molar-refractivity contribution >= 4 is 10.0 Å². The molecule has 6 heteroatoms. The molecule has 2 fully saturated rings. The maximum atomic E-state index is 11.6. The molecule has 2 atom stereocenters. The summed E-state index contributed by atoms with van der Waals surface area (Å²) in [5.74, 6) is 0.494. The van der Waals surface area contributed by atoms with Crippen LogP contribution < -0.4 is 5.32 Å². The van der Waals surface area contributed by atoms with Gasteiger partial charge < -0.3 is 5.32 Å². The van der Waals surface area contributed by atoms with Gasteiger partial charge in [0.2, 0.25) is 10.0 Å². The maximum absolute atomic E-state index is 11.6. The largest absolute Gasteiger partial charge is 0.314 e. The molecule has 0 bridgehead atoms. The Morgan fingerprint density at radius 1 is 1.33 bits per heavy atom. The van der Waals surface area contributed by atoms with Gasteiger partial charge in [-0.15, -0.1) is 0 Å². The Kier molecular flexibility index (Phi) is 4.64. The van der Waals surface area contributed by atoms with Crippen molar-refractivity contribution in [3.05, 3.63) is 0 Å². The normalized spacial score (nSPS) is 32.6. The number of sulfonamides is 1. The summed E-state index contributed by atoms with van der Waals surface area (Å²) < 4.78 is 24.8. The summed E-state index contributed by atoms with van der Waals surface area (Å²) in [6.07, 6.45) is 3.48. The van der Waals surface area contributed by atoms with E-state index >= 15 is 0 Å². The number of nitrogens with one attached hydrogen (secondary N) is 1. The Balaban J connectivity index is 1.89. The fourth-order valence-electron chi connectivity index (χ4n) is 2.96. The maximum Gasteiger partial charge on any atom is 0.211 e. The van der Waals surface area contributed by atoms with Gasteiger partial charge in [0.05, 0.1) is 6.26 Å². The van der Waals surface area contributed by atoms with Gasteiger partial charge in [0.25, 0.3) is 0 Å². The molecule has 0 aromatic heterocycles. The standard InChI is InChI=1S/C12H25N3O2S/c1-11-8-13-5-7-14(11)9-12-4-3-6-15(10-12)18(2,16)17/h11-13H,3-10H2,1-2H3. The highest BCUT2D eigenvalue weighted by atomic mass is 32.2. The molecule has 2 aliphatic rings. The van der Waals surface area contributed by atoms with Gasteiger partial charge in [0.1, 0.15) is 0 Å². The highest BCUT2D eigenvalue weighted by Gasteiger charge is 2.28. The average molecular weight is 275 g/mol. The number of piperazine rings is 1. The molecule has 2 heterocycles. The molecule has 2 unspecified atom stereocenters. The predicted octanol–water partition coefficient (Wildman–Crippen LogP) is -0.0483. The van der Waals surface area contributed by atoms with Crippen LogP contribution in [0.2, 0.25) is 0 Å². The number of rotatable bonds is 3. The van der Waals surface area contributed by atoms with Crippen LogP contribution in [0.5, 0.6) is 0 Å². The fourth-order valence-corrected chi connectivity index (χ4v) is 3.91. The second kappa shape index (κ2) is 5.86. The number of hydrogen-bond acceptors (Lipinski definition) is 4. The van der Waals surface area contributed by atoms with Crippen LogP contribution in [0.1, 0.15) is 19.8 Å². The molecule has 0 radical (unpaired) electrons. The van der Waals surface area contributed by atoms with E-state index in [-0.39, 0.29) is 0 Å². The lowest BCUT2D eigenvalue weighted by molar-refractivity contribution is 0.124. The first kappa shape index (κ1) is 14.2. The van der Waals surface area contributed by atoms with E-state index in [1.165, 1.54) is 6.26 Å². The lowest BCUT2D eigenvalue weighted by Gasteiger charge is -2.39. The van der Waals surface area contributed by atoms with Crippen molar-refractivity contribution in [1.82, 2.24) is 14.5 Å². The van der Waals surface area contributed by atoms with Crippen LogP contribution >= 0.6 is 0 Å². The number of piperidine rings is 1. The molecular formula is C12H25N3O2S. The summed E-state index contributed by atoms with van der Waals surface area (Å²) in [5, 5.41) is 3.39. The van der Waals surface area contributed by atoms with Crippen molar-refractivity contribution < 1.29 is 8.42 Å². The summed E-state index contributed by atoms with van der Waals surface area (Å²) >= 11 is 0. The van der Waals surface area contributed by atoms with Gasteiger partial charge in [0, 0.05) is 45.3 Å². The molecule has 0 spiro atoms. The Labute approximate surface area is 111 Å².